The summed E-state index contributed by atoms with van der Waals surface area (Å²) in [5.41, 5.74) is 1.39. The molecule has 1 aliphatic carbocycles. The van der Waals surface area contributed by atoms with Gasteiger partial charge in [0.2, 0.25) is 0 Å². The van der Waals surface area contributed by atoms with E-state index in [2.05, 4.69) is 37.7 Å². The minimum atomic E-state index is -4.65. The lowest BCUT2D eigenvalue weighted by molar-refractivity contribution is -0.274. The third-order valence-corrected chi connectivity index (χ3v) is 5.05. The van der Waals surface area contributed by atoms with E-state index in [1.54, 1.807) is 12.1 Å². The fourth-order valence-electron chi connectivity index (χ4n) is 2.92. The maximum Gasteiger partial charge on any atom is 0.573 e. The van der Waals surface area contributed by atoms with Gasteiger partial charge in [-0.3, -0.25) is 0 Å². The average molecular weight is 301 g/mol. The Kier molecular flexibility index (Phi) is 3.77. The largest absolute Gasteiger partial charge is 0.573 e. The van der Waals surface area contributed by atoms with Gasteiger partial charge >= 0.3 is 6.36 Å². The Morgan fingerprint density at radius 3 is 1.90 bits per heavy atom. The van der Waals surface area contributed by atoms with Crippen molar-refractivity contribution in [2.24, 2.45) is 10.8 Å². The maximum atomic E-state index is 12.1. The normalized spacial score (nSPS) is 21.9. The molecule has 21 heavy (non-hydrogen) atoms. The van der Waals surface area contributed by atoms with Crippen LogP contribution in [0, 0.1) is 10.8 Å². The Hall–Kier alpha value is -1.23. The molecule has 0 aliphatic heterocycles. The number of rotatable bonds is 4. The van der Waals surface area contributed by atoms with E-state index < -0.39 is 6.36 Å². The summed E-state index contributed by atoms with van der Waals surface area (Å²) in [5, 5.41) is 3.56. The zero-order valence-corrected chi connectivity index (χ0v) is 13.0. The molecule has 1 aliphatic rings. The second kappa shape index (κ2) is 4.90. The molecular formula is C16H22F3NO. The Balaban J connectivity index is 2.00. The molecule has 118 valence electrons. The molecule has 0 saturated heterocycles. The molecule has 0 amide bonds. The molecule has 1 unspecified atom stereocenters. The van der Waals surface area contributed by atoms with Gasteiger partial charge < -0.3 is 10.1 Å². The van der Waals surface area contributed by atoms with Crippen molar-refractivity contribution >= 4 is 0 Å². The van der Waals surface area contributed by atoms with Crippen LogP contribution >= 0.6 is 0 Å². The fourth-order valence-corrected chi connectivity index (χ4v) is 2.92. The van der Waals surface area contributed by atoms with Gasteiger partial charge in [-0.25, -0.2) is 0 Å². The van der Waals surface area contributed by atoms with Crippen molar-refractivity contribution in [1.29, 1.82) is 0 Å². The molecule has 0 bridgehead atoms. The standard InChI is InChI=1S/C16H22F3NO/c1-10(20-13-14(2,3)15(13,4)5)11-6-8-12(9-7-11)21-16(17,18)19/h6-10,13,20H,1-5H3. The van der Waals surface area contributed by atoms with Crippen molar-refractivity contribution < 1.29 is 17.9 Å². The zero-order valence-electron chi connectivity index (χ0n) is 13.0. The Bertz CT molecular complexity index is 491. The van der Waals surface area contributed by atoms with Gasteiger partial charge in [-0.15, -0.1) is 13.2 Å². The van der Waals surface area contributed by atoms with Crippen molar-refractivity contribution in [3.05, 3.63) is 29.8 Å². The first-order valence-corrected chi connectivity index (χ1v) is 7.07. The molecule has 0 heterocycles. The third-order valence-electron chi connectivity index (χ3n) is 5.05. The summed E-state index contributed by atoms with van der Waals surface area (Å²) in [6.07, 6.45) is -4.65. The van der Waals surface area contributed by atoms with Crippen molar-refractivity contribution in [1.82, 2.24) is 5.32 Å². The molecule has 1 atom stereocenters. The van der Waals surface area contributed by atoms with Crippen LogP contribution in [0.15, 0.2) is 24.3 Å². The van der Waals surface area contributed by atoms with Gasteiger partial charge in [0.1, 0.15) is 5.75 Å². The van der Waals surface area contributed by atoms with Crippen molar-refractivity contribution in [2.75, 3.05) is 0 Å². The predicted molar refractivity (Wildman–Crippen MR) is 76.0 cm³/mol. The first-order valence-electron chi connectivity index (χ1n) is 7.07. The SMILES string of the molecule is CC(NC1C(C)(C)C1(C)C)c1ccc(OC(F)(F)F)cc1. The number of hydrogen-bond donors (Lipinski definition) is 1. The summed E-state index contributed by atoms with van der Waals surface area (Å²) >= 11 is 0. The van der Waals surface area contributed by atoms with E-state index in [0.717, 1.165) is 5.56 Å². The van der Waals surface area contributed by atoms with E-state index in [-0.39, 0.29) is 22.6 Å². The van der Waals surface area contributed by atoms with E-state index in [1.165, 1.54) is 12.1 Å². The second-order valence-electron chi connectivity index (χ2n) is 6.88. The van der Waals surface area contributed by atoms with E-state index in [0.29, 0.717) is 6.04 Å². The van der Waals surface area contributed by atoms with Gasteiger partial charge in [-0.1, -0.05) is 39.8 Å². The average Bonchev–Trinajstić information content (AvgIpc) is 2.70. The van der Waals surface area contributed by atoms with Gasteiger partial charge in [0, 0.05) is 12.1 Å². The third kappa shape index (κ3) is 3.18. The summed E-state index contributed by atoms with van der Waals surface area (Å²) in [4.78, 5) is 0. The molecule has 0 spiro atoms. The van der Waals surface area contributed by atoms with Crippen LogP contribution < -0.4 is 10.1 Å². The summed E-state index contributed by atoms with van der Waals surface area (Å²) in [6, 6.07) is 6.51. The van der Waals surface area contributed by atoms with E-state index in [4.69, 9.17) is 0 Å². The Morgan fingerprint density at radius 2 is 1.52 bits per heavy atom. The molecule has 0 radical (unpaired) electrons. The lowest BCUT2D eigenvalue weighted by atomic mass is 10.0. The van der Waals surface area contributed by atoms with Crippen molar-refractivity contribution in [2.45, 2.75) is 53.1 Å². The molecule has 1 aromatic rings. The number of nitrogens with one attached hydrogen (secondary N) is 1. The van der Waals surface area contributed by atoms with Crippen LogP contribution in [0.25, 0.3) is 0 Å². The van der Waals surface area contributed by atoms with E-state index in [1.807, 2.05) is 6.92 Å². The quantitative estimate of drug-likeness (QED) is 0.872. The minimum Gasteiger partial charge on any atom is -0.406 e. The topological polar surface area (TPSA) is 21.3 Å². The lowest BCUT2D eigenvalue weighted by Crippen LogP contribution is -2.25. The maximum absolute atomic E-state index is 12.1. The molecule has 2 rings (SSSR count). The van der Waals surface area contributed by atoms with Crippen LogP contribution in [0.1, 0.15) is 46.2 Å². The second-order valence-corrected chi connectivity index (χ2v) is 6.88. The van der Waals surface area contributed by atoms with Gasteiger partial charge in [0.15, 0.2) is 0 Å². The first kappa shape index (κ1) is 16.1. The molecule has 1 fully saturated rings. The Labute approximate surface area is 123 Å². The number of alkyl halides is 3. The molecule has 1 aromatic carbocycles. The van der Waals surface area contributed by atoms with E-state index in [9.17, 15) is 13.2 Å². The molecular weight excluding hydrogens is 279 g/mol. The van der Waals surface area contributed by atoms with Crippen LogP contribution in [-0.2, 0) is 0 Å². The van der Waals surface area contributed by atoms with Gasteiger partial charge in [0.25, 0.3) is 0 Å². The van der Waals surface area contributed by atoms with Crippen molar-refractivity contribution in [3.63, 3.8) is 0 Å². The van der Waals surface area contributed by atoms with Crippen LogP contribution in [0.3, 0.4) is 0 Å². The summed E-state index contributed by atoms with van der Waals surface area (Å²) in [7, 11) is 0. The first-order chi connectivity index (χ1) is 9.45. The summed E-state index contributed by atoms with van der Waals surface area (Å²) in [6.45, 7) is 10.9. The summed E-state index contributed by atoms with van der Waals surface area (Å²) in [5.74, 6) is -0.189. The highest BCUT2D eigenvalue weighted by Gasteiger charge is 2.64. The van der Waals surface area contributed by atoms with Gasteiger partial charge in [-0.05, 0) is 35.4 Å². The highest BCUT2D eigenvalue weighted by molar-refractivity contribution is 5.30. The summed E-state index contributed by atoms with van der Waals surface area (Å²) < 4.78 is 40.2. The smallest absolute Gasteiger partial charge is 0.406 e. The fraction of sp³-hybridized carbons (Fsp3) is 0.625. The Morgan fingerprint density at radius 1 is 1.05 bits per heavy atom. The van der Waals surface area contributed by atoms with Crippen LogP contribution in [0.4, 0.5) is 13.2 Å². The molecule has 1 N–H and O–H groups in total. The van der Waals surface area contributed by atoms with Crippen molar-refractivity contribution in [3.8, 4) is 5.75 Å². The molecule has 2 nitrogen and oxygen atoms in total. The molecule has 1 saturated carbocycles. The number of halogens is 3. The lowest BCUT2D eigenvalue weighted by Gasteiger charge is -2.17. The predicted octanol–water partition coefficient (Wildman–Crippen LogP) is 4.67. The monoisotopic (exact) mass is 301 g/mol. The van der Waals surface area contributed by atoms with Gasteiger partial charge in [-0.2, -0.15) is 0 Å². The van der Waals surface area contributed by atoms with Crippen LogP contribution in [0.2, 0.25) is 0 Å². The number of hydrogen-bond acceptors (Lipinski definition) is 2. The number of benzene rings is 1. The highest BCUT2D eigenvalue weighted by atomic mass is 19.4. The van der Waals surface area contributed by atoms with E-state index >= 15 is 0 Å². The van der Waals surface area contributed by atoms with Gasteiger partial charge in [0.05, 0.1) is 0 Å². The van der Waals surface area contributed by atoms with Crippen LogP contribution in [-0.4, -0.2) is 12.4 Å². The number of ether oxygens (including phenoxy) is 1. The molecule has 0 aromatic heterocycles. The zero-order chi connectivity index (χ0) is 16.1. The van der Waals surface area contributed by atoms with Crippen LogP contribution in [0.5, 0.6) is 5.75 Å². The molecule has 5 heteroatoms. The highest BCUT2D eigenvalue weighted by Crippen LogP contribution is 2.63. The minimum absolute atomic E-state index is 0.0796.